The van der Waals surface area contributed by atoms with Crippen molar-refractivity contribution in [2.45, 2.75) is 72.9 Å². The van der Waals surface area contributed by atoms with Crippen molar-refractivity contribution in [1.29, 1.82) is 0 Å². The minimum absolute atomic E-state index is 0.0571. The van der Waals surface area contributed by atoms with Crippen LogP contribution in [0.4, 0.5) is 0 Å². The molecule has 18 heavy (non-hydrogen) atoms. The lowest BCUT2D eigenvalue weighted by Gasteiger charge is -2.21. The van der Waals surface area contributed by atoms with Crippen molar-refractivity contribution in [3.8, 4) is 0 Å². The van der Waals surface area contributed by atoms with Crippen LogP contribution in [-0.4, -0.2) is 23.9 Å². The molecule has 2 N–H and O–H groups in total. The smallest absolute Gasteiger partial charge is 0.225 e. The van der Waals surface area contributed by atoms with Crippen molar-refractivity contribution in [2.75, 3.05) is 0 Å². The highest BCUT2D eigenvalue weighted by Gasteiger charge is 2.22. The number of hydrogen-bond donors (Lipinski definition) is 2. The van der Waals surface area contributed by atoms with Crippen molar-refractivity contribution < 1.29 is 9.59 Å². The van der Waals surface area contributed by atoms with Gasteiger partial charge in [0.1, 0.15) is 0 Å². The molecule has 4 nitrogen and oxygen atoms in total. The number of amides is 2. The summed E-state index contributed by atoms with van der Waals surface area (Å²) in [5, 5.41) is 5.82. The molecule has 0 aliphatic rings. The monoisotopic (exact) mass is 256 g/mol. The van der Waals surface area contributed by atoms with Crippen LogP contribution in [0.1, 0.15) is 60.8 Å². The van der Waals surface area contributed by atoms with Gasteiger partial charge < -0.3 is 10.6 Å². The molecule has 0 saturated carbocycles. The van der Waals surface area contributed by atoms with Gasteiger partial charge in [-0.05, 0) is 33.6 Å². The van der Waals surface area contributed by atoms with Gasteiger partial charge in [-0.25, -0.2) is 0 Å². The Morgan fingerprint density at radius 1 is 1.06 bits per heavy atom. The van der Waals surface area contributed by atoms with Crippen LogP contribution in [0.15, 0.2) is 0 Å². The lowest BCUT2D eigenvalue weighted by Crippen LogP contribution is -2.40. The Morgan fingerprint density at radius 2 is 1.61 bits per heavy atom. The second-order valence-electron chi connectivity index (χ2n) is 6.24. The molecule has 0 aromatic carbocycles. The summed E-state index contributed by atoms with van der Waals surface area (Å²) in [5.41, 5.74) is -0.358. The molecular weight excluding hydrogens is 228 g/mol. The molecule has 0 heterocycles. The Morgan fingerprint density at radius 3 is 2.06 bits per heavy atom. The Hall–Kier alpha value is -1.06. The van der Waals surface area contributed by atoms with Crippen LogP contribution in [-0.2, 0) is 9.59 Å². The maximum absolute atomic E-state index is 11.7. The quantitative estimate of drug-likeness (QED) is 0.765. The van der Waals surface area contributed by atoms with Crippen LogP contribution in [0, 0.1) is 5.41 Å². The topological polar surface area (TPSA) is 58.2 Å². The average Bonchev–Trinajstić information content (AvgIpc) is 2.14. The van der Waals surface area contributed by atoms with E-state index in [9.17, 15) is 9.59 Å². The van der Waals surface area contributed by atoms with Gasteiger partial charge in [-0.1, -0.05) is 20.8 Å². The van der Waals surface area contributed by atoms with E-state index in [0.717, 1.165) is 12.8 Å². The molecule has 4 heteroatoms. The number of carbonyl (C=O) groups excluding carboxylic acids is 2. The van der Waals surface area contributed by atoms with Gasteiger partial charge in [-0.3, -0.25) is 9.59 Å². The Kier molecular flexibility index (Phi) is 6.96. The van der Waals surface area contributed by atoms with Gasteiger partial charge in [0.2, 0.25) is 11.8 Å². The molecule has 0 aliphatic heterocycles. The maximum Gasteiger partial charge on any atom is 0.225 e. The Balaban J connectivity index is 3.81. The first-order valence-electron chi connectivity index (χ1n) is 6.73. The molecule has 1 atom stereocenters. The average molecular weight is 256 g/mol. The zero-order chi connectivity index (χ0) is 14.3. The molecule has 106 valence electrons. The third kappa shape index (κ3) is 8.09. The summed E-state index contributed by atoms with van der Waals surface area (Å²) in [6, 6.07) is 0.305. The zero-order valence-corrected chi connectivity index (χ0v) is 12.6. The summed E-state index contributed by atoms with van der Waals surface area (Å²) < 4.78 is 0. The standard InChI is InChI=1S/C14H28N2O2/c1-10(2)15-12(17)9-7-8-11(3)16-13(18)14(4,5)6/h10-11H,7-9H2,1-6H3,(H,15,17)(H,16,18). The minimum atomic E-state index is -0.358. The lowest BCUT2D eigenvalue weighted by atomic mass is 9.95. The fraction of sp³-hybridized carbons (Fsp3) is 0.857. The van der Waals surface area contributed by atoms with E-state index in [1.807, 2.05) is 41.5 Å². The van der Waals surface area contributed by atoms with E-state index in [1.165, 1.54) is 0 Å². The van der Waals surface area contributed by atoms with E-state index in [4.69, 9.17) is 0 Å². The predicted molar refractivity (Wildman–Crippen MR) is 74.2 cm³/mol. The minimum Gasteiger partial charge on any atom is -0.354 e. The van der Waals surface area contributed by atoms with Crippen LogP contribution < -0.4 is 10.6 Å². The summed E-state index contributed by atoms with van der Waals surface area (Å²) in [6.45, 7) is 11.6. The van der Waals surface area contributed by atoms with Crippen molar-refractivity contribution in [1.82, 2.24) is 10.6 Å². The number of rotatable bonds is 6. The summed E-state index contributed by atoms with van der Waals surface area (Å²) in [4.78, 5) is 23.1. The van der Waals surface area contributed by atoms with Crippen molar-refractivity contribution in [3.63, 3.8) is 0 Å². The lowest BCUT2D eigenvalue weighted by molar-refractivity contribution is -0.129. The Bertz CT molecular complexity index is 280. The highest BCUT2D eigenvalue weighted by atomic mass is 16.2. The SMILES string of the molecule is CC(C)NC(=O)CCCC(C)NC(=O)C(C)(C)C. The first-order chi connectivity index (χ1) is 8.12. The van der Waals surface area contributed by atoms with Gasteiger partial charge in [0, 0.05) is 23.9 Å². The van der Waals surface area contributed by atoms with E-state index >= 15 is 0 Å². The fourth-order valence-corrected chi connectivity index (χ4v) is 1.48. The highest BCUT2D eigenvalue weighted by molar-refractivity contribution is 5.81. The van der Waals surface area contributed by atoms with Crippen LogP contribution in [0.2, 0.25) is 0 Å². The van der Waals surface area contributed by atoms with E-state index in [2.05, 4.69) is 10.6 Å². The normalized spacial score (nSPS) is 13.3. The van der Waals surface area contributed by atoms with Crippen molar-refractivity contribution >= 4 is 11.8 Å². The van der Waals surface area contributed by atoms with Gasteiger partial charge in [-0.2, -0.15) is 0 Å². The van der Waals surface area contributed by atoms with E-state index in [-0.39, 0.29) is 29.3 Å². The molecule has 0 rings (SSSR count). The van der Waals surface area contributed by atoms with Gasteiger partial charge in [0.15, 0.2) is 0 Å². The maximum atomic E-state index is 11.7. The largest absolute Gasteiger partial charge is 0.354 e. The molecule has 0 spiro atoms. The summed E-state index contributed by atoms with van der Waals surface area (Å²) in [6.07, 6.45) is 2.14. The summed E-state index contributed by atoms with van der Waals surface area (Å²) in [5.74, 6) is 0.140. The third-order valence-electron chi connectivity index (χ3n) is 2.55. The highest BCUT2D eigenvalue weighted by Crippen LogP contribution is 2.13. The molecule has 2 amide bonds. The van der Waals surface area contributed by atoms with Crippen LogP contribution in [0.3, 0.4) is 0 Å². The summed E-state index contributed by atoms with van der Waals surface area (Å²) >= 11 is 0. The first-order valence-corrected chi connectivity index (χ1v) is 6.73. The second kappa shape index (κ2) is 7.39. The molecule has 1 unspecified atom stereocenters. The zero-order valence-electron chi connectivity index (χ0n) is 12.6. The molecule has 0 aromatic heterocycles. The summed E-state index contributed by atoms with van der Waals surface area (Å²) in [7, 11) is 0. The predicted octanol–water partition coefficient (Wildman–Crippen LogP) is 2.23. The van der Waals surface area contributed by atoms with Crippen LogP contribution in [0.5, 0.6) is 0 Å². The number of carbonyl (C=O) groups is 2. The molecule has 0 aliphatic carbocycles. The van der Waals surface area contributed by atoms with Crippen molar-refractivity contribution in [3.05, 3.63) is 0 Å². The molecule has 0 radical (unpaired) electrons. The van der Waals surface area contributed by atoms with Crippen LogP contribution in [0.25, 0.3) is 0 Å². The van der Waals surface area contributed by atoms with Gasteiger partial charge in [-0.15, -0.1) is 0 Å². The van der Waals surface area contributed by atoms with E-state index in [0.29, 0.717) is 6.42 Å². The Labute approximate surface area is 111 Å². The second-order valence-corrected chi connectivity index (χ2v) is 6.24. The van der Waals surface area contributed by atoms with E-state index < -0.39 is 0 Å². The van der Waals surface area contributed by atoms with E-state index in [1.54, 1.807) is 0 Å². The fourth-order valence-electron chi connectivity index (χ4n) is 1.48. The molecule has 0 fully saturated rings. The number of hydrogen-bond acceptors (Lipinski definition) is 2. The molecule has 0 bridgehead atoms. The van der Waals surface area contributed by atoms with Crippen LogP contribution >= 0.6 is 0 Å². The molecule has 0 saturated heterocycles. The molecular formula is C14H28N2O2. The first kappa shape index (κ1) is 16.9. The van der Waals surface area contributed by atoms with Gasteiger partial charge in [0.25, 0.3) is 0 Å². The van der Waals surface area contributed by atoms with Crippen molar-refractivity contribution in [2.24, 2.45) is 5.41 Å². The third-order valence-corrected chi connectivity index (χ3v) is 2.55. The van der Waals surface area contributed by atoms with Gasteiger partial charge >= 0.3 is 0 Å². The number of nitrogens with one attached hydrogen (secondary N) is 2. The van der Waals surface area contributed by atoms with Gasteiger partial charge in [0.05, 0.1) is 0 Å². The molecule has 0 aromatic rings.